The summed E-state index contributed by atoms with van der Waals surface area (Å²) in [7, 11) is 0.855. The van der Waals surface area contributed by atoms with E-state index in [0.29, 0.717) is 6.42 Å². The van der Waals surface area contributed by atoms with Crippen LogP contribution in [0.25, 0.3) is 0 Å². The van der Waals surface area contributed by atoms with Crippen LogP contribution in [0.15, 0.2) is 5.16 Å². The van der Waals surface area contributed by atoms with E-state index in [2.05, 4.69) is 10.2 Å². The van der Waals surface area contributed by atoms with E-state index in [-0.39, 0.29) is 6.54 Å². The lowest BCUT2D eigenvalue weighted by Crippen LogP contribution is -2.17. The standard InChI is InChI=1S/C7H9ClF3N3O2S/c1-2-3-14-5(4-7(9,10)11)12-13-6(14)17(8,15)16/h2-4H2,1H3. The number of rotatable bonds is 4. The monoisotopic (exact) mass is 291 g/mol. The normalized spacial score (nSPS) is 13.0. The van der Waals surface area contributed by atoms with Gasteiger partial charge in [-0.2, -0.15) is 13.2 Å². The zero-order valence-corrected chi connectivity index (χ0v) is 10.3. The van der Waals surface area contributed by atoms with Crippen LogP contribution in [-0.4, -0.2) is 29.4 Å². The highest BCUT2D eigenvalue weighted by molar-refractivity contribution is 8.13. The van der Waals surface area contributed by atoms with Gasteiger partial charge in [-0.25, -0.2) is 8.42 Å². The molecule has 1 heterocycles. The highest BCUT2D eigenvalue weighted by Gasteiger charge is 2.33. The molecule has 0 unspecified atom stereocenters. The number of hydrogen-bond acceptors (Lipinski definition) is 4. The SMILES string of the molecule is CCCn1c(CC(F)(F)F)nnc1S(=O)(=O)Cl. The van der Waals surface area contributed by atoms with Gasteiger partial charge in [-0.3, -0.25) is 0 Å². The molecule has 1 rings (SSSR count). The first-order valence-corrected chi connectivity index (χ1v) is 6.89. The third kappa shape index (κ3) is 3.84. The molecular formula is C7H9ClF3N3O2S. The van der Waals surface area contributed by atoms with Crippen LogP contribution in [0.5, 0.6) is 0 Å². The highest BCUT2D eigenvalue weighted by atomic mass is 35.7. The Morgan fingerprint density at radius 1 is 1.35 bits per heavy atom. The largest absolute Gasteiger partial charge is 0.396 e. The van der Waals surface area contributed by atoms with E-state index in [0.717, 1.165) is 4.57 Å². The van der Waals surface area contributed by atoms with E-state index in [1.165, 1.54) is 0 Å². The molecule has 10 heteroatoms. The van der Waals surface area contributed by atoms with E-state index in [4.69, 9.17) is 10.7 Å². The van der Waals surface area contributed by atoms with Crippen LogP contribution < -0.4 is 0 Å². The lowest BCUT2D eigenvalue weighted by Gasteiger charge is -2.09. The minimum Gasteiger partial charge on any atom is -0.301 e. The maximum Gasteiger partial charge on any atom is 0.396 e. The third-order valence-electron chi connectivity index (χ3n) is 1.82. The Labute approximate surface area is 100 Å². The molecule has 0 aromatic carbocycles. The second-order valence-electron chi connectivity index (χ2n) is 3.28. The summed E-state index contributed by atoms with van der Waals surface area (Å²) < 4.78 is 59.6. The molecule has 0 spiro atoms. The van der Waals surface area contributed by atoms with Crippen LogP contribution in [0.4, 0.5) is 13.2 Å². The first kappa shape index (κ1) is 14.2. The van der Waals surface area contributed by atoms with Crippen molar-refractivity contribution < 1.29 is 21.6 Å². The number of aromatic nitrogens is 3. The minimum atomic E-state index is -4.48. The molecule has 0 radical (unpaired) electrons. The molecule has 98 valence electrons. The van der Waals surface area contributed by atoms with Crippen LogP contribution in [0.2, 0.25) is 0 Å². The molecule has 0 aliphatic carbocycles. The fourth-order valence-electron chi connectivity index (χ4n) is 1.26. The number of halogens is 4. The molecule has 0 atom stereocenters. The summed E-state index contributed by atoms with van der Waals surface area (Å²) in [6, 6.07) is 0. The summed E-state index contributed by atoms with van der Waals surface area (Å²) >= 11 is 0. The van der Waals surface area contributed by atoms with Crippen molar-refractivity contribution in [2.75, 3.05) is 0 Å². The average Bonchev–Trinajstić information content (AvgIpc) is 2.45. The third-order valence-corrected chi connectivity index (χ3v) is 2.97. The van der Waals surface area contributed by atoms with Crippen LogP contribution in [0, 0.1) is 0 Å². The molecule has 0 saturated carbocycles. The van der Waals surface area contributed by atoms with Crippen molar-refractivity contribution in [3.8, 4) is 0 Å². The molecule has 0 bridgehead atoms. The van der Waals surface area contributed by atoms with Crippen molar-refractivity contribution in [3.63, 3.8) is 0 Å². The fraction of sp³-hybridized carbons (Fsp3) is 0.714. The van der Waals surface area contributed by atoms with E-state index in [9.17, 15) is 21.6 Å². The molecule has 0 saturated heterocycles. The molecule has 0 aliphatic rings. The molecule has 17 heavy (non-hydrogen) atoms. The van der Waals surface area contributed by atoms with Crippen molar-refractivity contribution in [2.24, 2.45) is 0 Å². The Bertz CT molecular complexity index is 497. The van der Waals surface area contributed by atoms with Gasteiger partial charge in [-0.1, -0.05) is 6.92 Å². The summed E-state index contributed by atoms with van der Waals surface area (Å²) in [5.74, 6) is -0.460. The summed E-state index contributed by atoms with van der Waals surface area (Å²) in [5.41, 5.74) is 0. The van der Waals surface area contributed by atoms with Gasteiger partial charge >= 0.3 is 6.18 Å². The van der Waals surface area contributed by atoms with E-state index in [1.807, 2.05) is 0 Å². The lowest BCUT2D eigenvalue weighted by molar-refractivity contribution is -0.129. The summed E-state index contributed by atoms with van der Waals surface area (Å²) in [6.07, 6.45) is -5.39. The zero-order valence-electron chi connectivity index (χ0n) is 8.70. The van der Waals surface area contributed by atoms with Gasteiger partial charge in [0.25, 0.3) is 14.2 Å². The van der Waals surface area contributed by atoms with Crippen LogP contribution in [-0.2, 0) is 22.0 Å². The zero-order chi connectivity index (χ0) is 13.3. The molecule has 0 amide bonds. The number of nitrogens with zero attached hydrogens (tertiary/aromatic N) is 3. The second kappa shape index (κ2) is 4.81. The van der Waals surface area contributed by atoms with Crippen molar-refractivity contribution in [3.05, 3.63) is 5.82 Å². The van der Waals surface area contributed by atoms with Gasteiger partial charge in [-0.15, -0.1) is 10.2 Å². The Kier molecular flexibility index (Phi) is 4.03. The fourth-order valence-corrected chi connectivity index (χ4v) is 2.20. The van der Waals surface area contributed by atoms with Gasteiger partial charge in [0.05, 0.1) is 0 Å². The van der Waals surface area contributed by atoms with Gasteiger partial charge in [0, 0.05) is 17.2 Å². The molecule has 1 aromatic rings. The maximum absolute atomic E-state index is 12.2. The Balaban J connectivity index is 3.20. The molecule has 0 fully saturated rings. The Morgan fingerprint density at radius 3 is 2.35 bits per heavy atom. The molecule has 1 aromatic heterocycles. The summed E-state index contributed by atoms with van der Waals surface area (Å²) in [4.78, 5) is 0. The van der Waals surface area contributed by atoms with Crippen LogP contribution >= 0.6 is 10.7 Å². The number of hydrogen-bond donors (Lipinski definition) is 0. The number of alkyl halides is 3. The molecule has 0 N–H and O–H groups in total. The van der Waals surface area contributed by atoms with Gasteiger partial charge in [0.1, 0.15) is 12.2 Å². The van der Waals surface area contributed by atoms with Crippen molar-refractivity contribution in [1.29, 1.82) is 0 Å². The Hall–Kier alpha value is -0.830. The summed E-state index contributed by atoms with van der Waals surface area (Å²) in [6.45, 7) is 1.74. The summed E-state index contributed by atoms with van der Waals surface area (Å²) in [5, 5.41) is 5.75. The first-order chi connectivity index (χ1) is 7.65. The highest BCUT2D eigenvalue weighted by Crippen LogP contribution is 2.22. The van der Waals surface area contributed by atoms with Crippen molar-refractivity contribution >= 4 is 19.7 Å². The predicted molar refractivity (Wildman–Crippen MR) is 53.1 cm³/mol. The topological polar surface area (TPSA) is 64.8 Å². The van der Waals surface area contributed by atoms with Gasteiger partial charge in [0.15, 0.2) is 0 Å². The van der Waals surface area contributed by atoms with Crippen LogP contribution in [0.3, 0.4) is 0 Å². The first-order valence-electron chi connectivity index (χ1n) is 4.58. The van der Waals surface area contributed by atoms with Gasteiger partial charge in [0.2, 0.25) is 0 Å². The van der Waals surface area contributed by atoms with Crippen molar-refractivity contribution in [1.82, 2.24) is 14.8 Å². The van der Waals surface area contributed by atoms with Crippen LogP contribution in [0.1, 0.15) is 19.2 Å². The minimum absolute atomic E-state index is 0.0553. The smallest absolute Gasteiger partial charge is 0.301 e. The molecule has 5 nitrogen and oxygen atoms in total. The van der Waals surface area contributed by atoms with E-state index < -0.39 is 32.6 Å². The van der Waals surface area contributed by atoms with Gasteiger partial charge < -0.3 is 4.57 Å². The predicted octanol–water partition coefficient (Wildman–Crippen LogP) is 1.72. The maximum atomic E-state index is 12.2. The average molecular weight is 292 g/mol. The molecular weight excluding hydrogens is 283 g/mol. The quantitative estimate of drug-likeness (QED) is 0.792. The van der Waals surface area contributed by atoms with E-state index in [1.54, 1.807) is 6.92 Å². The Morgan fingerprint density at radius 2 is 1.94 bits per heavy atom. The lowest BCUT2D eigenvalue weighted by atomic mass is 10.4. The van der Waals surface area contributed by atoms with Crippen molar-refractivity contribution in [2.45, 2.75) is 37.6 Å². The molecule has 0 aliphatic heterocycles. The van der Waals surface area contributed by atoms with Gasteiger partial charge in [-0.05, 0) is 6.42 Å². The van der Waals surface area contributed by atoms with E-state index >= 15 is 0 Å². The second-order valence-corrected chi connectivity index (χ2v) is 5.74.